The molecular formula is C20H23N3O3S. The van der Waals surface area contributed by atoms with Gasteiger partial charge in [-0.15, -0.1) is 0 Å². The van der Waals surface area contributed by atoms with E-state index in [1.165, 1.54) is 0 Å². The summed E-state index contributed by atoms with van der Waals surface area (Å²) in [6, 6.07) is 13.7. The fraction of sp³-hybridized carbons (Fsp3) is 0.250. The highest BCUT2D eigenvalue weighted by Gasteiger charge is 2.10. The molecule has 0 saturated carbocycles. The monoisotopic (exact) mass is 385 g/mol. The number of nitrogens with one attached hydrogen (secondary N) is 3. The maximum atomic E-state index is 12.4. The van der Waals surface area contributed by atoms with Gasteiger partial charge < -0.3 is 15.4 Å². The first kappa shape index (κ1) is 20.4. The van der Waals surface area contributed by atoms with Crippen molar-refractivity contribution in [3.05, 3.63) is 59.7 Å². The summed E-state index contributed by atoms with van der Waals surface area (Å²) in [6.45, 7) is 4.70. The Morgan fingerprint density at radius 1 is 1.04 bits per heavy atom. The third-order valence-corrected chi connectivity index (χ3v) is 3.74. The Kier molecular flexibility index (Phi) is 7.31. The lowest BCUT2D eigenvalue weighted by molar-refractivity contribution is 0.0959. The number of thiocarbonyl (C=S) groups is 1. The maximum absolute atomic E-state index is 12.4. The Morgan fingerprint density at radius 3 is 2.37 bits per heavy atom. The molecular weight excluding hydrogens is 362 g/mol. The van der Waals surface area contributed by atoms with Crippen LogP contribution in [0.15, 0.2) is 48.5 Å². The van der Waals surface area contributed by atoms with E-state index in [2.05, 4.69) is 29.8 Å². The summed E-state index contributed by atoms with van der Waals surface area (Å²) in [5, 5.41) is 8.27. The van der Waals surface area contributed by atoms with Crippen LogP contribution in [-0.2, 0) is 0 Å². The number of hydrogen-bond acceptors (Lipinski definition) is 4. The van der Waals surface area contributed by atoms with Gasteiger partial charge in [-0.3, -0.25) is 14.9 Å². The summed E-state index contributed by atoms with van der Waals surface area (Å²) in [4.78, 5) is 23.9. The lowest BCUT2D eigenvalue weighted by Gasteiger charge is -2.12. The van der Waals surface area contributed by atoms with Crippen LogP contribution in [0.3, 0.4) is 0 Å². The van der Waals surface area contributed by atoms with Crippen molar-refractivity contribution in [3.8, 4) is 5.75 Å². The molecule has 2 aromatic carbocycles. The minimum atomic E-state index is -0.329. The van der Waals surface area contributed by atoms with E-state index in [9.17, 15) is 9.59 Å². The molecule has 0 bridgehead atoms. The molecule has 142 valence electrons. The van der Waals surface area contributed by atoms with E-state index in [1.54, 1.807) is 49.5 Å². The Hall–Kier alpha value is -2.93. The Labute approximate surface area is 164 Å². The van der Waals surface area contributed by atoms with Crippen LogP contribution in [0, 0.1) is 5.92 Å². The summed E-state index contributed by atoms with van der Waals surface area (Å²) < 4.78 is 5.64. The highest BCUT2D eigenvalue weighted by atomic mass is 32.1. The number of carbonyl (C=O) groups is 2. The molecule has 0 spiro atoms. The average molecular weight is 385 g/mol. The molecule has 2 rings (SSSR count). The average Bonchev–Trinajstić information content (AvgIpc) is 2.66. The smallest absolute Gasteiger partial charge is 0.257 e. The van der Waals surface area contributed by atoms with Gasteiger partial charge in [-0.2, -0.15) is 0 Å². The SMILES string of the molecule is CNC(=O)c1ccc(NC(=S)NC(=O)c2cccc(OCC(C)C)c2)cc1. The van der Waals surface area contributed by atoms with Crippen LogP contribution < -0.4 is 20.7 Å². The predicted molar refractivity (Wildman–Crippen MR) is 110 cm³/mol. The number of benzene rings is 2. The van der Waals surface area contributed by atoms with Crippen LogP contribution >= 0.6 is 12.2 Å². The molecule has 2 aromatic rings. The molecule has 0 saturated heterocycles. The molecule has 0 unspecified atom stereocenters. The van der Waals surface area contributed by atoms with Gasteiger partial charge >= 0.3 is 0 Å². The quantitative estimate of drug-likeness (QED) is 0.666. The van der Waals surface area contributed by atoms with Crippen molar-refractivity contribution in [1.29, 1.82) is 0 Å². The number of amides is 2. The van der Waals surface area contributed by atoms with E-state index in [-0.39, 0.29) is 16.9 Å². The van der Waals surface area contributed by atoms with Crippen LogP contribution in [-0.4, -0.2) is 30.6 Å². The van der Waals surface area contributed by atoms with Gasteiger partial charge in [0.1, 0.15) is 5.75 Å². The highest BCUT2D eigenvalue weighted by molar-refractivity contribution is 7.80. The van der Waals surface area contributed by atoms with Gasteiger partial charge in [0.15, 0.2) is 5.11 Å². The molecule has 3 N–H and O–H groups in total. The summed E-state index contributed by atoms with van der Waals surface area (Å²) >= 11 is 5.18. The summed E-state index contributed by atoms with van der Waals surface area (Å²) in [6.07, 6.45) is 0. The predicted octanol–water partition coefficient (Wildman–Crippen LogP) is 3.21. The van der Waals surface area contributed by atoms with Gasteiger partial charge in [0, 0.05) is 23.9 Å². The summed E-state index contributed by atoms with van der Waals surface area (Å²) in [5.74, 6) is 0.538. The fourth-order valence-electron chi connectivity index (χ4n) is 2.18. The molecule has 7 heteroatoms. The molecule has 0 atom stereocenters. The van der Waals surface area contributed by atoms with E-state index in [1.807, 2.05) is 6.07 Å². The van der Waals surface area contributed by atoms with Crippen molar-refractivity contribution in [2.75, 3.05) is 19.0 Å². The minimum absolute atomic E-state index is 0.168. The van der Waals surface area contributed by atoms with Crippen molar-refractivity contribution < 1.29 is 14.3 Å². The number of anilines is 1. The van der Waals surface area contributed by atoms with Crippen LogP contribution in [0.4, 0.5) is 5.69 Å². The van der Waals surface area contributed by atoms with Crippen molar-refractivity contribution in [2.24, 2.45) is 5.92 Å². The number of ether oxygens (including phenoxy) is 1. The summed E-state index contributed by atoms with van der Waals surface area (Å²) in [5.41, 5.74) is 1.66. The molecule has 6 nitrogen and oxygen atoms in total. The topological polar surface area (TPSA) is 79.5 Å². The third kappa shape index (κ3) is 6.38. The van der Waals surface area contributed by atoms with E-state index in [0.717, 1.165) is 0 Å². The molecule has 0 heterocycles. The maximum Gasteiger partial charge on any atom is 0.257 e. The first-order valence-electron chi connectivity index (χ1n) is 8.56. The largest absolute Gasteiger partial charge is 0.493 e. The van der Waals surface area contributed by atoms with Crippen molar-refractivity contribution in [2.45, 2.75) is 13.8 Å². The van der Waals surface area contributed by atoms with Crippen LogP contribution in [0.1, 0.15) is 34.6 Å². The van der Waals surface area contributed by atoms with Crippen LogP contribution in [0.25, 0.3) is 0 Å². The normalized spacial score (nSPS) is 10.2. The molecule has 0 aliphatic heterocycles. The number of hydrogen-bond donors (Lipinski definition) is 3. The molecule has 2 amide bonds. The molecule has 0 aromatic heterocycles. The molecule has 27 heavy (non-hydrogen) atoms. The third-order valence-electron chi connectivity index (χ3n) is 3.54. The Balaban J connectivity index is 1.94. The van der Waals surface area contributed by atoms with Gasteiger partial charge in [-0.05, 0) is 60.6 Å². The minimum Gasteiger partial charge on any atom is -0.493 e. The van der Waals surface area contributed by atoms with E-state index < -0.39 is 0 Å². The first-order valence-corrected chi connectivity index (χ1v) is 8.97. The fourth-order valence-corrected chi connectivity index (χ4v) is 2.39. The highest BCUT2D eigenvalue weighted by Crippen LogP contribution is 2.15. The van der Waals surface area contributed by atoms with Crippen LogP contribution in [0.2, 0.25) is 0 Å². The second kappa shape index (κ2) is 9.68. The molecule has 0 aliphatic rings. The van der Waals surface area contributed by atoms with Crippen molar-refractivity contribution in [1.82, 2.24) is 10.6 Å². The van der Waals surface area contributed by atoms with Crippen LogP contribution in [0.5, 0.6) is 5.75 Å². The molecule has 0 radical (unpaired) electrons. The zero-order valence-electron chi connectivity index (χ0n) is 15.5. The first-order chi connectivity index (χ1) is 12.9. The van der Waals surface area contributed by atoms with Gasteiger partial charge in [0.25, 0.3) is 11.8 Å². The number of rotatable bonds is 6. The van der Waals surface area contributed by atoms with Crippen molar-refractivity contribution >= 4 is 34.8 Å². The Morgan fingerprint density at radius 2 is 1.74 bits per heavy atom. The van der Waals surface area contributed by atoms with Gasteiger partial charge in [0.05, 0.1) is 6.61 Å². The van der Waals surface area contributed by atoms with E-state index in [0.29, 0.717) is 35.1 Å². The lowest BCUT2D eigenvalue weighted by atomic mass is 10.2. The molecule has 0 fully saturated rings. The standard InChI is InChI=1S/C20H23N3O3S/c1-13(2)12-26-17-6-4-5-15(11-17)19(25)23-20(27)22-16-9-7-14(8-10-16)18(24)21-3/h4-11,13H,12H2,1-3H3,(H,21,24)(H2,22,23,25,27). The molecule has 0 aliphatic carbocycles. The second-order valence-corrected chi connectivity index (χ2v) is 6.71. The summed E-state index contributed by atoms with van der Waals surface area (Å²) in [7, 11) is 1.57. The number of carbonyl (C=O) groups excluding carboxylic acids is 2. The second-order valence-electron chi connectivity index (χ2n) is 6.30. The van der Waals surface area contributed by atoms with Gasteiger partial charge in [-0.25, -0.2) is 0 Å². The van der Waals surface area contributed by atoms with Gasteiger partial charge in [0.2, 0.25) is 0 Å². The van der Waals surface area contributed by atoms with Crippen molar-refractivity contribution in [3.63, 3.8) is 0 Å². The van der Waals surface area contributed by atoms with E-state index in [4.69, 9.17) is 17.0 Å². The zero-order chi connectivity index (χ0) is 19.8. The lowest BCUT2D eigenvalue weighted by Crippen LogP contribution is -2.34. The van der Waals surface area contributed by atoms with E-state index >= 15 is 0 Å². The Bertz CT molecular complexity index is 819. The zero-order valence-corrected chi connectivity index (χ0v) is 16.4. The van der Waals surface area contributed by atoms with Gasteiger partial charge in [-0.1, -0.05) is 19.9 Å².